The monoisotopic (exact) mass is 304 g/mol. The summed E-state index contributed by atoms with van der Waals surface area (Å²) in [4.78, 5) is 4.22. The first-order chi connectivity index (χ1) is 8.37. The van der Waals surface area contributed by atoms with E-state index in [0.29, 0.717) is 21.0 Å². The molecule has 0 aliphatic heterocycles. The predicted octanol–water partition coefficient (Wildman–Crippen LogP) is 4.60. The zero-order valence-electron chi connectivity index (χ0n) is 10.4. The minimum Gasteiger partial charge on any atom is -0.443 e. The highest BCUT2D eigenvalue weighted by Crippen LogP contribution is 2.39. The van der Waals surface area contributed by atoms with Gasteiger partial charge in [-0.25, -0.2) is 4.98 Å². The summed E-state index contributed by atoms with van der Waals surface area (Å²) in [5.41, 5.74) is 1.66. The Labute approximate surface area is 120 Å². The van der Waals surface area contributed by atoms with Crippen molar-refractivity contribution in [3.63, 3.8) is 0 Å². The van der Waals surface area contributed by atoms with Crippen LogP contribution < -0.4 is 5.32 Å². The molecule has 0 atom stereocenters. The first kappa shape index (κ1) is 13.9. The minimum absolute atomic E-state index is 0.0201. The summed E-state index contributed by atoms with van der Waals surface area (Å²) in [6, 6.07) is 1.80. The highest BCUT2D eigenvalue weighted by Gasteiger charge is 2.18. The second-order valence-electron chi connectivity index (χ2n) is 4.97. The molecule has 18 heavy (non-hydrogen) atoms. The van der Waals surface area contributed by atoms with Crippen LogP contribution in [0.25, 0.3) is 11.3 Å². The van der Waals surface area contributed by atoms with Gasteiger partial charge in [0.25, 0.3) is 0 Å². The first-order valence-corrected chi connectivity index (χ1v) is 7.06. The molecule has 1 N–H and O–H groups in total. The van der Waals surface area contributed by atoms with Gasteiger partial charge in [-0.15, -0.1) is 11.3 Å². The van der Waals surface area contributed by atoms with Crippen molar-refractivity contribution < 1.29 is 4.42 Å². The van der Waals surface area contributed by atoms with Gasteiger partial charge < -0.3 is 9.73 Å². The average molecular weight is 305 g/mol. The van der Waals surface area contributed by atoms with Crippen molar-refractivity contribution in [1.82, 2.24) is 10.3 Å². The van der Waals surface area contributed by atoms with Crippen LogP contribution in [0.1, 0.15) is 26.5 Å². The van der Waals surface area contributed by atoms with Crippen LogP contribution in [0.5, 0.6) is 0 Å². The summed E-state index contributed by atoms with van der Waals surface area (Å²) in [7, 11) is 0. The molecular weight excluding hydrogens is 291 g/mol. The number of rotatable bonds is 3. The number of oxazole rings is 1. The molecule has 0 saturated heterocycles. The number of thiophene rings is 1. The number of hydrogen-bond acceptors (Lipinski definition) is 4. The Morgan fingerprint density at radius 2 is 2.11 bits per heavy atom. The molecule has 0 amide bonds. The Hall–Kier alpha value is -0.550. The highest BCUT2D eigenvalue weighted by molar-refractivity contribution is 7.20. The summed E-state index contributed by atoms with van der Waals surface area (Å²) in [5, 5.41) is 3.37. The lowest BCUT2D eigenvalue weighted by atomic mass is 10.1. The van der Waals surface area contributed by atoms with E-state index in [1.165, 1.54) is 17.7 Å². The van der Waals surface area contributed by atoms with Gasteiger partial charge >= 0.3 is 0 Å². The topological polar surface area (TPSA) is 38.1 Å². The van der Waals surface area contributed by atoms with Crippen molar-refractivity contribution in [3.05, 3.63) is 26.8 Å². The van der Waals surface area contributed by atoms with Crippen LogP contribution in [-0.4, -0.2) is 10.5 Å². The second-order valence-corrected chi connectivity index (χ2v) is 7.26. The lowest BCUT2D eigenvalue weighted by molar-refractivity contribution is 0.421. The molecule has 2 heterocycles. The summed E-state index contributed by atoms with van der Waals surface area (Å²) < 4.78 is 6.68. The van der Waals surface area contributed by atoms with Crippen LogP contribution in [0.15, 0.2) is 16.9 Å². The fraction of sp³-hybridized carbons (Fsp3) is 0.417. The normalized spacial score (nSPS) is 12.1. The summed E-state index contributed by atoms with van der Waals surface area (Å²) in [6.07, 6.45) is 1.43. The van der Waals surface area contributed by atoms with Crippen LogP contribution >= 0.6 is 34.5 Å². The molecule has 2 rings (SSSR count). The van der Waals surface area contributed by atoms with E-state index < -0.39 is 0 Å². The number of hydrogen-bond donors (Lipinski definition) is 1. The fourth-order valence-corrected chi connectivity index (χ4v) is 2.92. The van der Waals surface area contributed by atoms with Crippen LogP contribution in [0, 0.1) is 0 Å². The van der Waals surface area contributed by atoms with Gasteiger partial charge in [-0.1, -0.05) is 23.2 Å². The Kier molecular flexibility index (Phi) is 4.02. The first-order valence-electron chi connectivity index (χ1n) is 5.49. The summed E-state index contributed by atoms with van der Waals surface area (Å²) in [5.74, 6) is 0.680. The minimum atomic E-state index is 0.0201. The second kappa shape index (κ2) is 5.21. The molecule has 0 spiro atoms. The van der Waals surface area contributed by atoms with E-state index in [1.54, 1.807) is 6.07 Å². The molecule has 0 aromatic carbocycles. The molecule has 0 fully saturated rings. The van der Waals surface area contributed by atoms with Gasteiger partial charge in [-0.2, -0.15) is 0 Å². The van der Waals surface area contributed by atoms with Crippen molar-refractivity contribution in [1.29, 1.82) is 0 Å². The molecular formula is C12H14Cl2N2OS. The van der Waals surface area contributed by atoms with Gasteiger partial charge in [0.2, 0.25) is 0 Å². The van der Waals surface area contributed by atoms with E-state index in [1.807, 2.05) is 0 Å². The quantitative estimate of drug-likeness (QED) is 0.900. The molecule has 6 heteroatoms. The predicted molar refractivity (Wildman–Crippen MR) is 76.4 cm³/mol. The van der Waals surface area contributed by atoms with Gasteiger partial charge in [0.05, 0.1) is 9.90 Å². The van der Waals surface area contributed by atoms with Crippen molar-refractivity contribution in [2.75, 3.05) is 0 Å². The largest absolute Gasteiger partial charge is 0.443 e. The lowest BCUT2D eigenvalue weighted by Crippen LogP contribution is -2.35. The van der Waals surface area contributed by atoms with E-state index >= 15 is 0 Å². The maximum atomic E-state index is 6.12. The molecule has 0 unspecified atom stereocenters. The molecule has 0 radical (unpaired) electrons. The molecule has 2 aromatic heterocycles. The SMILES string of the molecule is CC(C)(C)NCc1ncoc1-c1cc(Cl)sc1Cl. The van der Waals surface area contributed by atoms with Crippen LogP contribution in [0.2, 0.25) is 8.67 Å². The van der Waals surface area contributed by atoms with Gasteiger partial charge in [0, 0.05) is 12.1 Å². The summed E-state index contributed by atoms with van der Waals surface area (Å²) in [6.45, 7) is 6.92. The van der Waals surface area contributed by atoms with Crippen molar-refractivity contribution in [2.45, 2.75) is 32.9 Å². The maximum absolute atomic E-state index is 6.12. The molecule has 0 bridgehead atoms. The summed E-state index contributed by atoms with van der Waals surface area (Å²) >= 11 is 13.4. The van der Waals surface area contributed by atoms with E-state index in [4.69, 9.17) is 27.6 Å². The van der Waals surface area contributed by atoms with Crippen LogP contribution in [-0.2, 0) is 6.54 Å². The molecule has 0 aliphatic rings. The molecule has 3 nitrogen and oxygen atoms in total. The van der Waals surface area contributed by atoms with Crippen molar-refractivity contribution in [3.8, 4) is 11.3 Å². The van der Waals surface area contributed by atoms with E-state index in [9.17, 15) is 0 Å². The Bertz CT molecular complexity index is 543. The number of nitrogens with zero attached hydrogens (tertiary/aromatic N) is 1. The Balaban J connectivity index is 2.25. The zero-order valence-corrected chi connectivity index (χ0v) is 12.7. The maximum Gasteiger partial charge on any atom is 0.181 e. The van der Waals surface area contributed by atoms with E-state index in [0.717, 1.165) is 11.3 Å². The molecule has 0 aliphatic carbocycles. The fourth-order valence-electron chi connectivity index (χ4n) is 1.46. The van der Waals surface area contributed by atoms with E-state index in [-0.39, 0.29) is 5.54 Å². The number of aromatic nitrogens is 1. The van der Waals surface area contributed by atoms with Gasteiger partial charge in [0.15, 0.2) is 12.2 Å². The standard InChI is InChI=1S/C12H14Cl2N2OS/c1-12(2,3)16-5-8-10(17-6-15-8)7-4-9(13)18-11(7)14/h4,6,16H,5H2,1-3H3. The van der Waals surface area contributed by atoms with E-state index in [2.05, 4.69) is 31.1 Å². The smallest absolute Gasteiger partial charge is 0.181 e. The van der Waals surface area contributed by atoms with Gasteiger partial charge in [-0.05, 0) is 26.8 Å². The number of halogens is 2. The third-order valence-corrected chi connectivity index (χ3v) is 3.82. The van der Waals surface area contributed by atoms with Crippen LogP contribution in [0.4, 0.5) is 0 Å². The molecule has 98 valence electrons. The van der Waals surface area contributed by atoms with Crippen molar-refractivity contribution >= 4 is 34.5 Å². The highest BCUT2D eigenvalue weighted by atomic mass is 35.5. The average Bonchev–Trinajstić information content (AvgIpc) is 2.80. The Morgan fingerprint density at radius 3 is 2.67 bits per heavy atom. The van der Waals surface area contributed by atoms with Crippen molar-refractivity contribution in [2.24, 2.45) is 0 Å². The lowest BCUT2D eigenvalue weighted by Gasteiger charge is -2.19. The zero-order chi connectivity index (χ0) is 13.3. The van der Waals surface area contributed by atoms with Crippen LogP contribution in [0.3, 0.4) is 0 Å². The number of nitrogens with one attached hydrogen (secondary N) is 1. The molecule has 0 saturated carbocycles. The Morgan fingerprint density at radius 1 is 1.39 bits per heavy atom. The van der Waals surface area contributed by atoms with Gasteiger partial charge in [0.1, 0.15) is 10.0 Å². The third-order valence-electron chi connectivity index (χ3n) is 2.33. The molecule has 2 aromatic rings. The third kappa shape index (κ3) is 3.26. The van der Waals surface area contributed by atoms with Gasteiger partial charge in [-0.3, -0.25) is 0 Å².